The molecular weight excluding hydrogens is 303 g/mol. The van der Waals surface area contributed by atoms with Crippen LogP contribution in [-0.2, 0) is 9.53 Å². The third kappa shape index (κ3) is 3.07. The van der Waals surface area contributed by atoms with Gasteiger partial charge in [0.1, 0.15) is 11.9 Å². The van der Waals surface area contributed by atoms with Gasteiger partial charge >= 0.3 is 0 Å². The van der Waals surface area contributed by atoms with Crippen LogP contribution in [-0.4, -0.2) is 24.7 Å². The van der Waals surface area contributed by atoms with E-state index in [1.807, 2.05) is 0 Å². The second kappa shape index (κ2) is 5.77. The fourth-order valence-electron chi connectivity index (χ4n) is 1.87. The lowest BCUT2D eigenvalue weighted by Crippen LogP contribution is -2.29. The summed E-state index contributed by atoms with van der Waals surface area (Å²) in [6, 6.07) is 4.31. The van der Waals surface area contributed by atoms with Crippen LogP contribution in [0, 0.1) is 5.82 Å². The molecule has 0 aliphatic carbocycles. The third-order valence-electron chi connectivity index (χ3n) is 2.85. The van der Waals surface area contributed by atoms with E-state index in [1.165, 1.54) is 18.2 Å². The highest BCUT2D eigenvalue weighted by Crippen LogP contribution is 2.23. The first-order chi connectivity index (χ1) is 8.60. The second-order valence-electron chi connectivity index (χ2n) is 4.18. The van der Waals surface area contributed by atoms with E-state index < -0.39 is 6.10 Å². The molecule has 0 radical (unpaired) electrons. The molecule has 2 atom stereocenters. The fraction of sp³-hybridized carbons (Fsp3) is 0.417. The fourth-order valence-corrected chi connectivity index (χ4v) is 2.25. The number of carbonyl (C=O) groups excluding carboxylic acids is 1. The summed E-state index contributed by atoms with van der Waals surface area (Å²) in [5, 5.41) is 2.70. The lowest BCUT2D eigenvalue weighted by Gasteiger charge is -2.12. The van der Waals surface area contributed by atoms with Crippen LogP contribution in [0.3, 0.4) is 0 Å². The summed E-state index contributed by atoms with van der Waals surface area (Å²) in [5.74, 6) is -0.585. The zero-order chi connectivity index (χ0) is 13.1. The van der Waals surface area contributed by atoms with Gasteiger partial charge in [0.15, 0.2) is 0 Å². The van der Waals surface area contributed by atoms with Crippen molar-refractivity contribution >= 4 is 27.5 Å². The van der Waals surface area contributed by atoms with Gasteiger partial charge in [-0.3, -0.25) is 4.79 Å². The molecule has 1 amide bonds. The zero-order valence-corrected chi connectivity index (χ0v) is 11.2. The molecule has 0 aromatic heterocycles. The molecule has 1 aromatic carbocycles. The number of carbonyl (C=O) groups is 1. The smallest absolute Gasteiger partial charge is 0.253 e. The van der Waals surface area contributed by atoms with Crippen LogP contribution in [0.4, 0.5) is 10.1 Å². The molecule has 1 heterocycles. The lowest BCUT2D eigenvalue weighted by atomic mass is 10.2. The molecule has 1 aromatic rings. The average Bonchev–Trinajstić information content (AvgIpc) is 2.82. The van der Waals surface area contributed by atoms with Crippen molar-refractivity contribution in [2.45, 2.75) is 25.0 Å². The van der Waals surface area contributed by atoms with Crippen molar-refractivity contribution in [2.75, 3.05) is 11.9 Å². The highest BCUT2D eigenvalue weighted by molar-refractivity contribution is 9.10. The molecule has 2 rings (SSSR count). The van der Waals surface area contributed by atoms with Crippen LogP contribution in [0.15, 0.2) is 22.7 Å². The highest BCUT2D eigenvalue weighted by Gasteiger charge is 2.29. The number of halogens is 2. The average molecular weight is 317 g/mol. The number of anilines is 1. The van der Waals surface area contributed by atoms with Crippen molar-refractivity contribution in [3.8, 4) is 0 Å². The van der Waals surface area contributed by atoms with E-state index in [2.05, 4.69) is 21.2 Å². The van der Waals surface area contributed by atoms with Crippen LogP contribution in [0.5, 0.6) is 0 Å². The standard InChI is InChI=1S/C12H14BrFN2O2/c13-9-5-7(1-3-10(9)14)16-12(17)11-4-2-8(6-15)18-11/h1,3,5,8,11H,2,4,6,15H2,(H,16,17)/t8-,11+/m1/s1. The van der Waals surface area contributed by atoms with Crippen LogP contribution < -0.4 is 11.1 Å². The van der Waals surface area contributed by atoms with Gasteiger partial charge in [-0.2, -0.15) is 0 Å². The molecular formula is C12H14BrFN2O2. The van der Waals surface area contributed by atoms with Crippen LogP contribution in [0.1, 0.15) is 12.8 Å². The van der Waals surface area contributed by atoms with Crippen molar-refractivity contribution in [1.29, 1.82) is 0 Å². The van der Waals surface area contributed by atoms with Gasteiger partial charge < -0.3 is 15.8 Å². The van der Waals surface area contributed by atoms with Gasteiger partial charge in [0.05, 0.1) is 10.6 Å². The van der Waals surface area contributed by atoms with E-state index in [-0.39, 0.29) is 17.8 Å². The topological polar surface area (TPSA) is 64.4 Å². The molecule has 0 bridgehead atoms. The molecule has 0 unspecified atom stereocenters. The minimum Gasteiger partial charge on any atom is -0.364 e. The first-order valence-corrected chi connectivity index (χ1v) is 6.51. The van der Waals surface area contributed by atoms with Crippen molar-refractivity contribution in [1.82, 2.24) is 0 Å². The summed E-state index contributed by atoms with van der Waals surface area (Å²) >= 11 is 3.07. The Morgan fingerprint density at radius 1 is 1.56 bits per heavy atom. The Balaban J connectivity index is 1.97. The highest BCUT2D eigenvalue weighted by atomic mass is 79.9. The normalized spacial score (nSPS) is 23.1. The van der Waals surface area contributed by atoms with Crippen LogP contribution >= 0.6 is 15.9 Å². The number of hydrogen-bond acceptors (Lipinski definition) is 3. The van der Waals surface area contributed by atoms with Crippen molar-refractivity contribution in [3.05, 3.63) is 28.5 Å². The molecule has 1 fully saturated rings. The first-order valence-electron chi connectivity index (χ1n) is 5.71. The van der Waals surface area contributed by atoms with Gasteiger partial charge in [-0.15, -0.1) is 0 Å². The zero-order valence-electron chi connectivity index (χ0n) is 9.66. The van der Waals surface area contributed by atoms with Gasteiger partial charge in [-0.1, -0.05) is 0 Å². The van der Waals surface area contributed by atoms with Gasteiger partial charge in [0.25, 0.3) is 5.91 Å². The molecule has 3 N–H and O–H groups in total. The maximum absolute atomic E-state index is 13.0. The molecule has 4 nitrogen and oxygen atoms in total. The number of nitrogens with one attached hydrogen (secondary N) is 1. The molecule has 6 heteroatoms. The maximum atomic E-state index is 13.0. The molecule has 0 spiro atoms. The van der Waals surface area contributed by atoms with E-state index in [1.54, 1.807) is 0 Å². The summed E-state index contributed by atoms with van der Waals surface area (Å²) in [5.41, 5.74) is 6.02. The third-order valence-corrected chi connectivity index (χ3v) is 3.46. The summed E-state index contributed by atoms with van der Waals surface area (Å²) in [6.45, 7) is 0.422. The van der Waals surface area contributed by atoms with Gasteiger partial charge in [-0.05, 0) is 47.0 Å². The molecule has 1 saturated heterocycles. The van der Waals surface area contributed by atoms with Crippen LogP contribution in [0.25, 0.3) is 0 Å². The summed E-state index contributed by atoms with van der Waals surface area (Å²) in [6.07, 6.45) is 0.945. The number of hydrogen-bond donors (Lipinski definition) is 2. The number of ether oxygens (including phenoxy) is 1. The lowest BCUT2D eigenvalue weighted by molar-refractivity contribution is -0.126. The van der Waals surface area contributed by atoms with Gasteiger partial charge in [0, 0.05) is 12.2 Å². The number of nitrogens with two attached hydrogens (primary N) is 1. The molecule has 98 valence electrons. The Morgan fingerprint density at radius 3 is 2.94 bits per heavy atom. The summed E-state index contributed by atoms with van der Waals surface area (Å²) in [7, 11) is 0. The maximum Gasteiger partial charge on any atom is 0.253 e. The van der Waals surface area contributed by atoms with E-state index >= 15 is 0 Å². The monoisotopic (exact) mass is 316 g/mol. The van der Waals surface area contributed by atoms with Gasteiger partial charge in [0.2, 0.25) is 0 Å². The Bertz CT molecular complexity index is 456. The summed E-state index contributed by atoms with van der Waals surface area (Å²) < 4.78 is 18.8. The molecule has 0 saturated carbocycles. The van der Waals surface area contributed by atoms with E-state index in [0.29, 0.717) is 23.1 Å². The van der Waals surface area contributed by atoms with Gasteiger partial charge in [-0.25, -0.2) is 4.39 Å². The quantitative estimate of drug-likeness (QED) is 0.896. The number of amides is 1. The van der Waals surface area contributed by atoms with Crippen molar-refractivity contribution in [3.63, 3.8) is 0 Å². The second-order valence-corrected chi connectivity index (χ2v) is 5.03. The van der Waals surface area contributed by atoms with Crippen molar-refractivity contribution < 1.29 is 13.9 Å². The first kappa shape index (κ1) is 13.5. The Kier molecular flexibility index (Phi) is 4.31. The predicted molar refractivity (Wildman–Crippen MR) is 69.7 cm³/mol. The SMILES string of the molecule is NC[C@H]1CC[C@@H](C(=O)Nc2ccc(F)c(Br)c2)O1. The van der Waals surface area contributed by atoms with E-state index in [4.69, 9.17) is 10.5 Å². The van der Waals surface area contributed by atoms with E-state index in [0.717, 1.165) is 6.42 Å². The molecule has 1 aliphatic heterocycles. The minimum absolute atomic E-state index is 0.0410. The predicted octanol–water partition coefficient (Wildman–Crippen LogP) is 2.03. The molecule has 1 aliphatic rings. The minimum atomic E-state index is -0.470. The van der Waals surface area contributed by atoms with E-state index in [9.17, 15) is 9.18 Å². The van der Waals surface area contributed by atoms with Crippen LogP contribution in [0.2, 0.25) is 0 Å². The van der Waals surface area contributed by atoms with Crippen molar-refractivity contribution in [2.24, 2.45) is 5.73 Å². The number of rotatable bonds is 3. The molecule has 18 heavy (non-hydrogen) atoms. The largest absolute Gasteiger partial charge is 0.364 e. The summed E-state index contributed by atoms with van der Waals surface area (Å²) in [4.78, 5) is 11.9. The Hall–Kier alpha value is -0.980. The number of benzene rings is 1. The Labute approximate surface area is 113 Å². The Morgan fingerprint density at radius 2 is 2.33 bits per heavy atom.